The third kappa shape index (κ3) is 2.86. The summed E-state index contributed by atoms with van der Waals surface area (Å²) in [5.74, 6) is 1.63. The summed E-state index contributed by atoms with van der Waals surface area (Å²) in [4.78, 5) is 0. The van der Waals surface area contributed by atoms with E-state index in [1.807, 2.05) is 23.7 Å². The monoisotopic (exact) mass is 290 g/mol. The Hall–Kier alpha value is -1.39. The molecule has 2 aromatic rings. The second-order valence-corrected chi connectivity index (χ2v) is 5.86. The molecule has 20 heavy (non-hydrogen) atoms. The molecule has 0 saturated heterocycles. The van der Waals surface area contributed by atoms with Crippen molar-refractivity contribution in [1.29, 1.82) is 0 Å². The fraction of sp³-hybridized carbons (Fsp3) is 0.467. The number of hydrogen-bond donors (Lipinski definition) is 1. The normalized spacial score (nSPS) is 21.7. The molecule has 3 rings (SSSR count). The topological polar surface area (TPSA) is 42.7 Å². The highest BCUT2D eigenvalue weighted by Gasteiger charge is 2.30. The lowest BCUT2D eigenvalue weighted by atomic mass is 9.76. The standard InChI is InChI=1S/C15H19ClN4/c1-20-10-18-19-15(20)6-7-17-12-8-11(9-12)13-4-2-3-5-14(13)16/h2-5,10-12,17H,6-9H2,1H3. The Bertz CT molecular complexity index is 575. The van der Waals surface area contributed by atoms with Crippen molar-refractivity contribution in [1.82, 2.24) is 20.1 Å². The van der Waals surface area contributed by atoms with E-state index >= 15 is 0 Å². The van der Waals surface area contributed by atoms with Gasteiger partial charge in [0.15, 0.2) is 0 Å². The summed E-state index contributed by atoms with van der Waals surface area (Å²) in [5, 5.41) is 12.4. The van der Waals surface area contributed by atoms with Gasteiger partial charge in [-0.05, 0) is 30.4 Å². The zero-order chi connectivity index (χ0) is 13.9. The average Bonchev–Trinajstić information content (AvgIpc) is 2.79. The molecule has 1 aliphatic carbocycles. The summed E-state index contributed by atoms with van der Waals surface area (Å²) in [7, 11) is 1.98. The van der Waals surface area contributed by atoms with E-state index in [-0.39, 0.29) is 0 Å². The number of hydrogen-bond acceptors (Lipinski definition) is 3. The Balaban J connectivity index is 1.43. The molecule has 0 bridgehead atoms. The van der Waals surface area contributed by atoms with Crippen LogP contribution < -0.4 is 5.32 Å². The van der Waals surface area contributed by atoms with Gasteiger partial charge in [0.1, 0.15) is 12.2 Å². The van der Waals surface area contributed by atoms with E-state index in [1.54, 1.807) is 6.33 Å². The molecule has 0 spiro atoms. The van der Waals surface area contributed by atoms with Gasteiger partial charge in [0, 0.05) is 31.1 Å². The lowest BCUT2D eigenvalue weighted by molar-refractivity contribution is 0.292. The molecule has 1 N–H and O–H groups in total. The first kappa shape index (κ1) is 13.6. The van der Waals surface area contributed by atoms with Crippen LogP contribution in [-0.4, -0.2) is 27.4 Å². The fourth-order valence-electron chi connectivity index (χ4n) is 2.77. The molecule has 1 aliphatic rings. The molecule has 1 fully saturated rings. The highest BCUT2D eigenvalue weighted by Crippen LogP contribution is 2.39. The Morgan fingerprint density at radius 1 is 1.35 bits per heavy atom. The van der Waals surface area contributed by atoms with E-state index < -0.39 is 0 Å². The maximum Gasteiger partial charge on any atom is 0.133 e. The molecule has 0 amide bonds. The molecule has 0 aliphatic heterocycles. The van der Waals surface area contributed by atoms with Crippen LogP contribution in [-0.2, 0) is 13.5 Å². The maximum atomic E-state index is 6.23. The minimum absolute atomic E-state index is 0.601. The zero-order valence-corrected chi connectivity index (χ0v) is 12.3. The van der Waals surface area contributed by atoms with Gasteiger partial charge in [-0.25, -0.2) is 0 Å². The van der Waals surface area contributed by atoms with Crippen LogP contribution in [0.5, 0.6) is 0 Å². The number of nitrogens with zero attached hydrogens (tertiary/aromatic N) is 3. The summed E-state index contributed by atoms with van der Waals surface area (Å²) in [6.07, 6.45) is 5.00. The van der Waals surface area contributed by atoms with Crippen LogP contribution in [0.15, 0.2) is 30.6 Å². The zero-order valence-electron chi connectivity index (χ0n) is 11.6. The van der Waals surface area contributed by atoms with Crippen molar-refractivity contribution >= 4 is 11.6 Å². The van der Waals surface area contributed by atoms with Crippen LogP contribution in [0.25, 0.3) is 0 Å². The Labute approximate surface area is 124 Å². The van der Waals surface area contributed by atoms with Gasteiger partial charge in [0.25, 0.3) is 0 Å². The molecule has 0 radical (unpaired) electrons. The van der Waals surface area contributed by atoms with Gasteiger partial charge in [-0.15, -0.1) is 10.2 Å². The molecule has 4 nitrogen and oxygen atoms in total. The smallest absolute Gasteiger partial charge is 0.133 e. The predicted octanol–water partition coefficient (Wildman–Crippen LogP) is 2.55. The van der Waals surface area contributed by atoms with Gasteiger partial charge in [0.05, 0.1) is 0 Å². The van der Waals surface area contributed by atoms with E-state index in [0.29, 0.717) is 12.0 Å². The molecule has 1 heterocycles. The Morgan fingerprint density at radius 3 is 2.85 bits per heavy atom. The molecule has 0 atom stereocenters. The van der Waals surface area contributed by atoms with Crippen molar-refractivity contribution in [3.8, 4) is 0 Å². The molecular formula is C15H19ClN4. The van der Waals surface area contributed by atoms with Crippen LogP contribution in [0.2, 0.25) is 5.02 Å². The summed E-state index contributed by atoms with van der Waals surface area (Å²) < 4.78 is 1.97. The largest absolute Gasteiger partial charge is 0.321 e. The summed E-state index contributed by atoms with van der Waals surface area (Å²) in [5.41, 5.74) is 1.29. The SMILES string of the molecule is Cn1cnnc1CCNC1CC(c2ccccc2Cl)C1. The second-order valence-electron chi connectivity index (χ2n) is 5.45. The third-order valence-corrected chi connectivity index (χ3v) is 4.41. The molecular weight excluding hydrogens is 272 g/mol. The summed E-state index contributed by atoms with van der Waals surface area (Å²) >= 11 is 6.23. The van der Waals surface area contributed by atoms with E-state index in [9.17, 15) is 0 Å². The van der Waals surface area contributed by atoms with Crippen LogP contribution >= 0.6 is 11.6 Å². The van der Waals surface area contributed by atoms with Crippen molar-refractivity contribution in [2.45, 2.75) is 31.2 Å². The van der Waals surface area contributed by atoms with Crippen molar-refractivity contribution < 1.29 is 0 Å². The van der Waals surface area contributed by atoms with Crippen molar-refractivity contribution in [2.24, 2.45) is 7.05 Å². The van der Waals surface area contributed by atoms with Gasteiger partial charge in [-0.2, -0.15) is 0 Å². The highest BCUT2D eigenvalue weighted by molar-refractivity contribution is 6.31. The summed E-state index contributed by atoms with van der Waals surface area (Å²) in [6.45, 7) is 0.951. The minimum Gasteiger partial charge on any atom is -0.321 e. The fourth-order valence-corrected chi connectivity index (χ4v) is 3.06. The van der Waals surface area contributed by atoms with Crippen LogP contribution in [0.4, 0.5) is 0 Å². The molecule has 0 unspecified atom stereocenters. The molecule has 1 saturated carbocycles. The molecule has 1 aromatic heterocycles. The van der Waals surface area contributed by atoms with E-state index in [0.717, 1.165) is 23.8 Å². The second kappa shape index (κ2) is 5.94. The molecule has 5 heteroatoms. The predicted molar refractivity (Wildman–Crippen MR) is 79.9 cm³/mol. The van der Waals surface area contributed by atoms with Gasteiger partial charge in [-0.1, -0.05) is 29.8 Å². The quantitative estimate of drug-likeness (QED) is 0.920. The van der Waals surface area contributed by atoms with E-state index in [1.165, 1.54) is 18.4 Å². The first-order valence-corrected chi connectivity index (χ1v) is 7.42. The Kier molecular flexibility index (Phi) is 4.03. The first-order chi connectivity index (χ1) is 9.74. The maximum absolute atomic E-state index is 6.23. The van der Waals surface area contributed by atoms with Gasteiger partial charge < -0.3 is 9.88 Å². The van der Waals surface area contributed by atoms with Crippen molar-refractivity contribution in [2.75, 3.05) is 6.54 Å². The molecule has 1 aromatic carbocycles. The first-order valence-electron chi connectivity index (χ1n) is 7.04. The van der Waals surface area contributed by atoms with Crippen molar-refractivity contribution in [3.63, 3.8) is 0 Å². The number of aromatic nitrogens is 3. The lowest BCUT2D eigenvalue weighted by Crippen LogP contribution is -2.41. The van der Waals surface area contributed by atoms with Crippen LogP contribution in [0.1, 0.15) is 30.1 Å². The van der Waals surface area contributed by atoms with Crippen LogP contribution in [0, 0.1) is 0 Å². The van der Waals surface area contributed by atoms with Crippen LogP contribution in [0.3, 0.4) is 0 Å². The lowest BCUT2D eigenvalue weighted by Gasteiger charge is -2.36. The van der Waals surface area contributed by atoms with Gasteiger partial charge in [0.2, 0.25) is 0 Å². The van der Waals surface area contributed by atoms with Gasteiger partial charge in [-0.3, -0.25) is 0 Å². The number of halogens is 1. The number of nitrogens with one attached hydrogen (secondary N) is 1. The third-order valence-electron chi connectivity index (χ3n) is 4.07. The number of benzene rings is 1. The minimum atomic E-state index is 0.601. The van der Waals surface area contributed by atoms with E-state index in [2.05, 4.69) is 27.6 Å². The number of aryl methyl sites for hydroxylation is 1. The highest BCUT2D eigenvalue weighted by atomic mass is 35.5. The number of rotatable bonds is 5. The molecule has 106 valence electrons. The summed E-state index contributed by atoms with van der Waals surface area (Å²) in [6, 6.07) is 8.77. The van der Waals surface area contributed by atoms with E-state index in [4.69, 9.17) is 11.6 Å². The van der Waals surface area contributed by atoms with Crippen molar-refractivity contribution in [3.05, 3.63) is 47.0 Å². The van der Waals surface area contributed by atoms with Gasteiger partial charge >= 0.3 is 0 Å². The Morgan fingerprint density at radius 2 is 2.15 bits per heavy atom. The average molecular weight is 291 g/mol.